The fourth-order valence-electron chi connectivity index (χ4n) is 4.25. The standard InChI is InChI=1S/C27H34ClN3O5S.ClH/c1-4-34-21-17-19(18-22(35-5-2)25(21)36-6-3)26(32)31(12-8-11-30-13-15-33-16-14-30)27-29-24-20(28)9-7-10-23(24)37-27;/h7,9-10,17-18H,4-6,8,11-16H2,1-3H3;1H. The number of amides is 1. The van der Waals surface area contributed by atoms with Gasteiger partial charge in [-0.3, -0.25) is 14.6 Å². The average molecular weight is 585 g/mol. The fraction of sp³-hybridized carbons (Fsp3) is 0.481. The number of nitrogens with zero attached hydrogens (tertiary/aromatic N) is 3. The Kier molecular flexibility index (Phi) is 11.7. The number of carbonyl (C=O) groups is 1. The van der Waals surface area contributed by atoms with Crippen LogP contribution >= 0.6 is 35.3 Å². The lowest BCUT2D eigenvalue weighted by atomic mass is 10.1. The molecule has 0 saturated carbocycles. The van der Waals surface area contributed by atoms with Gasteiger partial charge in [0.25, 0.3) is 5.91 Å². The number of thiazole rings is 1. The highest BCUT2D eigenvalue weighted by Crippen LogP contribution is 2.40. The zero-order chi connectivity index (χ0) is 26.2. The maximum atomic E-state index is 14.0. The molecule has 0 N–H and O–H groups in total. The van der Waals surface area contributed by atoms with E-state index in [-0.39, 0.29) is 18.3 Å². The first kappa shape index (κ1) is 30.2. The van der Waals surface area contributed by atoms with Gasteiger partial charge in [-0.2, -0.15) is 0 Å². The highest BCUT2D eigenvalue weighted by molar-refractivity contribution is 7.22. The molecule has 1 aliphatic rings. The van der Waals surface area contributed by atoms with Gasteiger partial charge in [0, 0.05) is 31.7 Å². The van der Waals surface area contributed by atoms with Gasteiger partial charge in [-0.15, -0.1) is 12.4 Å². The molecule has 0 unspecified atom stereocenters. The molecule has 1 fully saturated rings. The van der Waals surface area contributed by atoms with Gasteiger partial charge in [0.05, 0.1) is 42.8 Å². The van der Waals surface area contributed by atoms with Crippen LogP contribution in [-0.2, 0) is 4.74 Å². The van der Waals surface area contributed by atoms with Crippen molar-refractivity contribution in [3.05, 3.63) is 40.9 Å². The van der Waals surface area contributed by atoms with Gasteiger partial charge in [0.15, 0.2) is 16.6 Å². The highest BCUT2D eigenvalue weighted by Gasteiger charge is 2.26. The first-order valence-corrected chi connectivity index (χ1v) is 14.0. The van der Waals surface area contributed by atoms with E-state index in [1.807, 2.05) is 39.0 Å². The van der Waals surface area contributed by atoms with Crippen molar-refractivity contribution in [3.8, 4) is 17.2 Å². The SMILES string of the molecule is CCOc1cc(C(=O)N(CCCN2CCOCC2)c2nc3c(Cl)cccc3s2)cc(OCC)c1OCC.Cl. The minimum Gasteiger partial charge on any atom is -0.490 e. The largest absolute Gasteiger partial charge is 0.490 e. The molecule has 2 heterocycles. The van der Waals surface area contributed by atoms with Crippen LogP contribution in [0.2, 0.25) is 5.02 Å². The van der Waals surface area contributed by atoms with Crippen molar-refractivity contribution in [1.82, 2.24) is 9.88 Å². The number of hydrogen-bond donors (Lipinski definition) is 0. The number of ether oxygens (including phenoxy) is 4. The van der Waals surface area contributed by atoms with E-state index in [1.165, 1.54) is 11.3 Å². The van der Waals surface area contributed by atoms with E-state index in [0.717, 1.165) is 44.0 Å². The van der Waals surface area contributed by atoms with Crippen LogP contribution in [0.3, 0.4) is 0 Å². The van der Waals surface area contributed by atoms with Gasteiger partial charge in [-0.1, -0.05) is 29.0 Å². The number of para-hydroxylation sites is 1. The molecule has 4 rings (SSSR count). The number of anilines is 1. The maximum Gasteiger partial charge on any atom is 0.260 e. The molecule has 0 aliphatic carbocycles. The summed E-state index contributed by atoms with van der Waals surface area (Å²) in [7, 11) is 0. The zero-order valence-corrected chi connectivity index (χ0v) is 24.4. The van der Waals surface area contributed by atoms with Crippen LogP contribution in [0.15, 0.2) is 30.3 Å². The van der Waals surface area contributed by atoms with Crippen molar-refractivity contribution < 1.29 is 23.7 Å². The van der Waals surface area contributed by atoms with Gasteiger partial charge in [-0.05, 0) is 51.5 Å². The Balaban J connectivity index is 0.00000400. The Morgan fingerprint density at radius 1 is 1.08 bits per heavy atom. The third-order valence-electron chi connectivity index (χ3n) is 5.95. The minimum atomic E-state index is -0.179. The van der Waals surface area contributed by atoms with Crippen LogP contribution < -0.4 is 19.1 Å². The molecule has 0 atom stereocenters. The molecule has 1 saturated heterocycles. The van der Waals surface area contributed by atoms with Crippen molar-refractivity contribution in [2.75, 3.05) is 64.1 Å². The van der Waals surface area contributed by atoms with Crippen molar-refractivity contribution >= 4 is 56.6 Å². The summed E-state index contributed by atoms with van der Waals surface area (Å²) in [5.41, 5.74) is 1.15. The summed E-state index contributed by atoms with van der Waals surface area (Å²) in [6.45, 7) is 11.7. The van der Waals surface area contributed by atoms with Gasteiger partial charge in [-0.25, -0.2) is 4.98 Å². The smallest absolute Gasteiger partial charge is 0.260 e. The van der Waals surface area contributed by atoms with Crippen LogP contribution in [0.4, 0.5) is 5.13 Å². The summed E-state index contributed by atoms with van der Waals surface area (Å²) in [6, 6.07) is 9.14. The first-order valence-electron chi connectivity index (χ1n) is 12.8. The van der Waals surface area contributed by atoms with E-state index in [9.17, 15) is 4.79 Å². The lowest BCUT2D eigenvalue weighted by Crippen LogP contribution is -2.39. The number of carbonyl (C=O) groups excluding carboxylic acids is 1. The third-order valence-corrected chi connectivity index (χ3v) is 7.30. The molecule has 2 aromatic carbocycles. The second kappa shape index (κ2) is 14.7. The summed E-state index contributed by atoms with van der Waals surface area (Å²) in [5.74, 6) is 1.30. The van der Waals surface area contributed by atoms with E-state index in [4.69, 9.17) is 35.5 Å². The summed E-state index contributed by atoms with van der Waals surface area (Å²) >= 11 is 7.87. The van der Waals surface area contributed by atoms with E-state index < -0.39 is 0 Å². The number of halogens is 2. The van der Waals surface area contributed by atoms with Gasteiger partial charge < -0.3 is 18.9 Å². The molecule has 0 spiro atoms. The van der Waals surface area contributed by atoms with E-state index in [1.54, 1.807) is 17.0 Å². The Bertz CT molecular complexity index is 1180. The lowest BCUT2D eigenvalue weighted by Gasteiger charge is -2.28. The molecular formula is C27H35Cl2N3O5S. The third kappa shape index (κ3) is 7.21. The van der Waals surface area contributed by atoms with E-state index in [2.05, 4.69) is 4.90 Å². The molecule has 1 amide bonds. The second-order valence-electron chi connectivity index (χ2n) is 8.45. The summed E-state index contributed by atoms with van der Waals surface area (Å²) < 4.78 is 23.9. The van der Waals surface area contributed by atoms with Gasteiger partial charge in [0.1, 0.15) is 5.52 Å². The van der Waals surface area contributed by atoms with Crippen LogP contribution in [0.5, 0.6) is 17.2 Å². The Hall–Kier alpha value is -2.30. The highest BCUT2D eigenvalue weighted by atomic mass is 35.5. The van der Waals surface area contributed by atoms with Gasteiger partial charge >= 0.3 is 0 Å². The normalized spacial score (nSPS) is 13.7. The lowest BCUT2D eigenvalue weighted by molar-refractivity contribution is 0.0376. The Morgan fingerprint density at radius 2 is 1.74 bits per heavy atom. The number of hydrogen-bond acceptors (Lipinski definition) is 8. The van der Waals surface area contributed by atoms with Crippen LogP contribution in [0, 0.1) is 0 Å². The number of morpholine rings is 1. The summed E-state index contributed by atoms with van der Waals surface area (Å²) in [5, 5.41) is 1.18. The van der Waals surface area contributed by atoms with Crippen LogP contribution in [-0.4, -0.2) is 75.0 Å². The summed E-state index contributed by atoms with van der Waals surface area (Å²) in [6.07, 6.45) is 0.795. The molecule has 8 nitrogen and oxygen atoms in total. The van der Waals surface area contributed by atoms with Crippen molar-refractivity contribution in [1.29, 1.82) is 0 Å². The fourth-order valence-corrected chi connectivity index (χ4v) is 5.54. The molecule has 1 aromatic heterocycles. The average Bonchev–Trinajstić information content (AvgIpc) is 3.34. The molecular weight excluding hydrogens is 549 g/mol. The number of fused-ring (bicyclic) bond motifs is 1. The van der Waals surface area contributed by atoms with Crippen LogP contribution in [0.1, 0.15) is 37.6 Å². The number of benzene rings is 2. The maximum absolute atomic E-state index is 14.0. The monoisotopic (exact) mass is 583 g/mol. The molecule has 208 valence electrons. The predicted octanol–water partition coefficient (Wildman–Crippen LogP) is 5.94. The Morgan fingerprint density at radius 3 is 2.34 bits per heavy atom. The summed E-state index contributed by atoms with van der Waals surface area (Å²) in [4.78, 5) is 22.9. The minimum absolute atomic E-state index is 0. The zero-order valence-electron chi connectivity index (χ0n) is 22.0. The van der Waals surface area contributed by atoms with E-state index >= 15 is 0 Å². The molecule has 0 radical (unpaired) electrons. The second-order valence-corrected chi connectivity index (χ2v) is 9.86. The Labute approximate surface area is 239 Å². The van der Waals surface area contributed by atoms with Crippen molar-refractivity contribution in [2.24, 2.45) is 0 Å². The van der Waals surface area contributed by atoms with E-state index in [0.29, 0.717) is 64.8 Å². The molecule has 1 aliphatic heterocycles. The quantitative estimate of drug-likeness (QED) is 0.261. The molecule has 0 bridgehead atoms. The number of rotatable bonds is 12. The van der Waals surface area contributed by atoms with Crippen LogP contribution in [0.25, 0.3) is 10.2 Å². The van der Waals surface area contributed by atoms with Crippen molar-refractivity contribution in [2.45, 2.75) is 27.2 Å². The molecule has 11 heteroatoms. The van der Waals surface area contributed by atoms with Gasteiger partial charge in [0.2, 0.25) is 5.75 Å². The van der Waals surface area contributed by atoms with Crippen molar-refractivity contribution in [3.63, 3.8) is 0 Å². The topological polar surface area (TPSA) is 73.4 Å². The number of aromatic nitrogens is 1. The predicted molar refractivity (Wildman–Crippen MR) is 155 cm³/mol. The molecule has 38 heavy (non-hydrogen) atoms. The molecule has 3 aromatic rings. The first-order chi connectivity index (χ1) is 18.0.